The summed E-state index contributed by atoms with van der Waals surface area (Å²) in [6.45, 7) is 2.16. The average molecular weight is 300 g/mol. The van der Waals surface area contributed by atoms with Gasteiger partial charge in [0.05, 0.1) is 6.54 Å². The zero-order chi connectivity index (χ0) is 15.9. The summed E-state index contributed by atoms with van der Waals surface area (Å²) in [5.74, 6) is -0.265. The fourth-order valence-corrected chi connectivity index (χ4v) is 2.62. The van der Waals surface area contributed by atoms with Crippen molar-refractivity contribution in [3.8, 4) is 0 Å². The van der Waals surface area contributed by atoms with E-state index in [2.05, 4.69) is 0 Å². The molecule has 2 heterocycles. The third-order valence-corrected chi connectivity index (χ3v) is 3.86. The maximum absolute atomic E-state index is 12.0. The summed E-state index contributed by atoms with van der Waals surface area (Å²) in [5.41, 5.74) is 1.67. The van der Waals surface area contributed by atoms with Gasteiger partial charge in [-0.05, 0) is 23.6 Å². The lowest BCUT2D eigenvalue weighted by Crippen LogP contribution is -2.31. The molecule has 3 rings (SSSR count). The molecule has 0 N–H and O–H groups in total. The van der Waals surface area contributed by atoms with Gasteiger partial charge >= 0.3 is 11.7 Å². The Labute approximate surface area is 126 Å². The van der Waals surface area contributed by atoms with Crippen molar-refractivity contribution in [2.75, 3.05) is 13.6 Å². The van der Waals surface area contributed by atoms with Crippen LogP contribution in [-0.4, -0.2) is 35.3 Å². The number of fused-ring (bicyclic) bond motifs is 1. The molecular weight excluding hydrogens is 284 g/mol. The third-order valence-electron chi connectivity index (χ3n) is 3.86. The van der Waals surface area contributed by atoms with Crippen LogP contribution in [0.1, 0.15) is 18.1 Å². The van der Waals surface area contributed by atoms with Crippen molar-refractivity contribution in [1.82, 2.24) is 9.80 Å². The second-order valence-corrected chi connectivity index (χ2v) is 5.39. The molecule has 22 heavy (non-hydrogen) atoms. The highest BCUT2D eigenvalue weighted by Crippen LogP contribution is 2.22. The second-order valence-electron chi connectivity index (χ2n) is 5.39. The number of likely N-dealkylation sites (N-methyl/N-ethyl adjacent to an activating group) is 1. The number of hydrogen-bond donors (Lipinski definition) is 0. The zero-order valence-corrected chi connectivity index (χ0v) is 12.5. The van der Waals surface area contributed by atoms with Gasteiger partial charge in [-0.15, -0.1) is 0 Å². The minimum atomic E-state index is -0.483. The number of aryl methyl sites for hydroxylation is 1. The fraction of sp³-hybridized carbons (Fsp3) is 0.312. The van der Waals surface area contributed by atoms with Gasteiger partial charge in [0.1, 0.15) is 12.1 Å². The number of hydrogen-bond acceptors (Lipinski definition) is 4. The summed E-state index contributed by atoms with van der Waals surface area (Å²) < 4.78 is 5.23. The summed E-state index contributed by atoms with van der Waals surface area (Å²) in [7, 11) is 1.57. The predicted octanol–water partition coefficient (Wildman–Crippen LogP) is 1.75. The molecule has 0 atom stereocenters. The van der Waals surface area contributed by atoms with E-state index in [0.717, 1.165) is 22.3 Å². The molecule has 3 amide bonds. The smallest absolute Gasteiger partial charge is 0.336 e. The van der Waals surface area contributed by atoms with Gasteiger partial charge in [-0.3, -0.25) is 9.69 Å². The lowest BCUT2D eigenvalue weighted by Gasteiger charge is -2.15. The van der Waals surface area contributed by atoms with E-state index < -0.39 is 5.63 Å². The van der Waals surface area contributed by atoms with Crippen molar-refractivity contribution < 1.29 is 14.0 Å². The Morgan fingerprint density at radius 3 is 2.59 bits per heavy atom. The van der Waals surface area contributed by atoms with Gasteiger partial charge < -0.3 is 9.32 Å². The van der Waals surface area contributed by atoms with Crippen molar-refractivity contribution in [2.45, 2.75) is 19.9 Å². The molecule has 6 nitrogen and oxygen atoms in total. The first-order valence-corrected chi connectivity index (χ1v) is 7.10. The highest BCUT2D eigenvalue weighted by atomic mass is 16.4. The molecule has 6 heteroatoms. The Balaban J connectivity index is 2.05. The highest BCUT2D eigenvalue weighted by molar-refractivity contribution is 6.02. The normalized spacial score (nSPS) is 15.2. The molecule has 1 aliphatic heterocycles. The number of imide groups is 1. The number of nitrogens with zero attached hydrogens (tertiary/aromatic N) is 2. The van der Waals surface area contributed by atoms with Crippen LogP contribution in [0.15, 0.2) is 33.5 Å². The van der Waals surface area contributed by atoms with E-state index in [1.807, 2.05) is 25.1 Å². The number of urea groups is 1. The average Bonchev–Trinajstić information content (AvgIpc) is 2.72. The quantitative estimate of drug-likeness (QED) is 0.639. The largest absolute Gasteiger partial charge is 0.423 e. The topological polar surface area (TPSA) is 70.8 Å². The van der Waals surface area contributed by atoms with E-state index in [1.165, 1.54) is 11.0 Å². The van der Waals surface area contributed by atoms with E-state index in [4.69, 9.17) is 4.42 Å². The van der Waals surface area contributed by atoms with E-state index in [0.29, 0.717) is 11.1 Å². The molecule has 1 aliphatic rings. The molecule has 114 valence electrons. The first kappa shape index (κ1) is 14.3. The summed E-state index contributed by atoms with van der Waals surface area (Å²) in [6, 6.07) is 6.62. The molecule has 1 fully saturated rings. The SMILES string of the molecule is CCc1ccc2c(CN3C(=O)CN(C)C3=O)cc(=O)oc2c1. The molecule has 0 unspecified atom stereocenters. The molecule has 1 aromatic heterocycles. The standard InChI is InChI=1S/C16H16N2O4/c1-3-10-4-5-12-11(7-15(20)22-13(12)6-10)8-18-14(19)9-17(2)16(18)21/h4-7H,3,8-9H2,1-2H3. The van der Waals surface area contributed by atoms with Crippen LogP contribution in [-0.2, 0) is 17.8 Å². The van der Waals surface area contributed by atoms with Gasteiger partial charge in [0.15, 0.2) is 0 Å². The van der Waals surface area contributed by atoms with Crippen LogP contribution in [0.3, 0.4) is 0 Å². The van der Waals surface area contributed by atoms with Gasteiger partial charge in [-0.25, -0.2) is 9.59 Å². The Hall–Kier alpha value is -2.63. The summed E-state index contributed by atoms with van der Waals surface area (Å²) >= 11 is 0. The van der Waals surface area contributed by atoms with Gasteiger partial charge in [0.2, 0.25) is 0 Å². The minimum Gasteiger partial charge on any atom is -0.423 e. The molecule has 1 saturated heterocycles. The first-order valence-electron chi connectivity index (χ1n) is 7.10. The van der Waals surface area contributed by atoms with E-state index >= 15 is 0 Å². The van der Waals surface area contributed by atoms with Crippen LogP contribution in [0.25, 0.3) is 11.0 Å². The Kier molecular flexibility index (Phi) is 3.44. The van der Waals surface area contributed by atoms with E-state index in [1.54, 1.807) is 7.05 Å². The van der Waals surface area contributed by atoms with Crippen LogP contribution in [0.4, 0.5) is 4.79 Å². The second kappa shape index (κ2) is 5.29. The van der Waals surface area contributed by atoms with E-state index in [-0.39, 0.29) is 25.0 Å². The lowest BCUT2D eigenvalue weighted by atomic mass is 10.1. The van der Waals surface area contributed by atoms with Crippen LogP contribution < -0.4 is 5.63 Å². The van der Waals surface area contributed by atoms with Gasteiger partial charge in [-0.1, -0.05) is 19.1 Å². The van der Waals surface area contributed by atoms with Crippen molar-refractivity contribution in [2.24, 2.45) is 0 Å². The van der Waals surface area contributed by atoms with Crippen molar-refractivity contribution in [3.05, 3.63) is 45.8 Å². The maximum Gasteiger partial charge on any atom is 0.336 e. The number of amides is 3. The zero-order valence-electron chi connectivity index (χ0n) is 12.5. The van der Waals surface area contributed by atoms with Crippen molar-refractivity contribution in [3.63, 3.8) is 0 Å². The monoisotopic (exact) mass is 300 g/mol. The molecule has 2 aromatic rings. The van der Waals surface area contributed by atoms with Gasteiger partial charge in [0.25, 0.3) is 5.91 Å². The van der Waals surface area contributed by atoms with Gasteiger partial charge in [-0.2, -0.15) is 0 Å². The predicted molar refractivity (Wildman–Crippen MR) is 80.4 cm³/mol. The minimum absolute atomic E-state index is 0.0676. The molecule has 0 bridgehead atoms. The molecule has 0 saturated carbocycles. The highest BCUT2D eigenvalue weighted by Gasteiger charge is 2.33. The molecule has 0 radical (unpaired) electrons. The molecular formula is C16H16N2O4. The first-order chi connectivity index (χ1) is 10.5. The summed E-state index contributed by atoms with van der Waals surface area (Å²) in [6.07, 6.45) is 0.831. The van der Waals surface area contributed by atoms with Crippen LogP contribution in [0.2, 0.25) is 0 Å². The molecule has 0 aliphatic carbocycles. The van der Waals surface area contributed by atoms with Crippen molar-refractivity contribution in [1.29, 1.82) is 0 Å². The lowest BCUT2D eigenvalue weighted by molar-refractivity contribution is -0.125. The van der Waals surface area contributed by atoms with Crippen molar-refractivity contribution >= 4 is 22.9 Å². The Morgan fingerprint density at radius 2 is 1.95 bits per heavy atom. The summed E-state index contributed by atoms with van der Waals surface area (Å²) in [5, 5.41) is 0.743. The maximum atomic E-state index is 12.0. The van der Waals surface area contributed by atoms with E-state index in [9.17, 15) is 14.4 Å². The van der Waals surface area contributed by atoms with Crippen LogP contribution in [0, 0.1) is 0 Å². The number of rotatable bonds is 3. The number of carbonyl (C=O) groups is 2. The van der Waals surface area contributed by atoms with Gasteiger partial charge in [0, 0.05) is 18.5 Å². The number of carbonyl (C=O) groups excluding carboxylic acids is 2. The fourth-order valence-electron chi connectivity index (χ4n) is 2.62. The molecule has 0 spiro atoms. The van der Waals surface area contributed by atoms with Crippen LogP contribution in [0.5, 0.6) is 0 Å². The molecule has 1 aromatic carbocycles. The Morgan fingerprint density at radius 1 is 1.18 bits per heavy atom. The Bertz CT molecular complexity index is 824. The third kappa shape index (κ3) is 2.36. The number of benzene rings is 1. The summed E-state index contributed by atoms with van der Waals surface area (Å²) in [4.78, 5) is 38.1. The van der Waals surface area contributed by atoms with Crippen LogP contribution >= 0.6 is 0 Å².